The fraction of sp³-hybridized carbons (Fsp3) is 0.444. The number of rotatable bonds is 1. The number of nitriles is 1. The number of halogens is 1. The van der Waals surface area contributed by atoms with Crippen LogP contribution in [0.4, 0.5) is 0 Å². The minimum atomic E-state index is 0.549. The van der Waals surface area contributed by atoms with E-state index in [1.165, 1.54) is 14.2 Å². The SMILES string of the molecule is N#CCN1CCc2sc(Br)cc2C1. The molecular formula is C9H9BrN2S. The fourth-order valence-corrected chi connectivity index (χ4v) is 3.34. The highest BCUT2D eigenvalue weighted by Crippen LogP contribution is 2.31. The Morgan fingerprint density at radius 1 is 1.69 bits per heavy atom. The molecule has 1 aromatic heterocycles. The normalized spacial score (nSPS) is 16.6. The molecule has 13 heavy (non-hydrogen) atoms. The van der Waals surface area contributed by atoms with Gasteiger partial charge in [-0.3, -0.25) is 4.90 Å². The lowest BCUT2D eigenvalue weighted by Crippen LogP contribution is -2.29. The van der Waals surface area contributed by atoms with E-state index in [-0.39, 0.29) is 0 Å². The molecule has 0 aromatic carbocycles. The van der Waals surface area contributed by atoms with Gasteiger partial charge in [0.25, 0.3) is 0 Å². The summed E-state index contributed by atoms with van der Waals surface area (Å²) >= 11 is 5.30. The van der Waals surface area contributed by atoms with Gasteiger partial charge in [-0.1, -0.05) is 0 Å². The monoisotopic (exact) mass is 256 g/mol. The Morgan fingerprint density at radius 3 is 3.31 bits per heavy atom. The topological polar surface area (TPSA) is 27.0 Å². The zero-order valence-electron chi connectivity index (χ0n) is 7.09. The summed E-state index contributed by atoms with van der Waals surface area (Å²) in [5.74, 6) is 0. The third kappa shape index (κ3) is 1.93. The Bertz CT molecular complexity index is 353. The summed E-state index contributed by atoms with van der Waals surface area (Å²) in [7, 11) is 0. The van der Waals surface area contributed by atoms with Crippen LogP contribution in [-0.2, 0) is 13.0 Å². The quantitative estimate of drug-likeness (QED) is 0.722. The summed E-state index contributed by atoms with van der Waals surface area (Å²) in [5, 5.41) is 8.57. The van der Waals surface area contributed by atoms with Crippen LogP contribution < -0.4 is 0 Å². The van der Waals surface area contributed by atoms with E-state index in [0.717, 1.165) is 19.5 Å². The molecule has 0 amide bonds. The van der Waals surface area contributed by atoms with Crippen molar-refractivity contribution in [3.05, 3.63) is 20.3 Å². The van der Waals surface area contributed by atoms with Gasteiger partial charge in [0, 0.05) is 18.0 Å². The molecule has 0 saturated heterocycles. The number of nitrogens with zero attached hydrogens (tertiary/aromatic N) is 2. The molecule has 0 spiro atoms. The Kier molecular flexibility index (Phi) is 2.68. The summed E-state index contributed by atoms with van der Waals surface area (Å²) in [4.78, 5) is 3.66. The molecular weight excluding hydrogens is 248 g/mol. The molecule has 0 fully saturated rings. The Hall–Kier alpha value is -0.370. The first-order chi connectivity index (χ1) is 6.29. The number of hydrogen-bond donors (Lipinski definition) is 0. The van der Waals surface area contributed by atoms with E-state index in [1.807, 2.05) is 11.3 Å². The molecule has 2 heterocycles. The fourth-order valence-electron chi connectivity index (χ4n) is 1.59. The summed E-state index contributed by atoms with van der Waals surface area (Å²) in [6.07, 6.45) is 1.09. The lowest BCUT2D eigenvalue weighted by Gasteiger charge is -2.23. The molecule has 0 aliphatic carbocycles. The van der Waals surface area contributed by atoms with Crippen molar-refractivity contribution in [3.63, 3.8) is 0 Å². The Balaban J connectivity index is 2.15. The second-order valence-electron chi connectivity index (χ2n) is 3.12. The van der Waals surface area contributed by atoms with E-state index >= 15 is 0 Å². The second kappa shape index (κ2) is 3.79. The first-order valence-electron chi connectivity index (χ1n) is 4.16. The van der Waals surface area contributed by atoms with Crippen molar-refractivity contribution in [3.8, 4) is 6.07 Å². The van der Waals surface area contributed by atoms with Crippen LogP contribution in [0.3, 0.4) is 0 Å². The lowest BCUT2D eigenvalue weighted by molar-refractivity contribution is 0.287. The van der Waals surface area contributed by atoms with Crippen molar-refractivity contribution >= 4 is 27.3 Å². The van der Waals surface area contributed by atoms with Crippen LogP contribution in [0.15, 0.2) is 9.85 Å². The van der Waals surface area contributed by atoms with Crippen molar-refractivity contribution < 1.29 is 0 Å². The summed E-state index contributed by atoms with van der Waals surface area (Å²) in [6.45, 7) is 2.51. The van der Waals surface area contributed by atoms with Crippen molar-refractivity contribution in [2.24, 2.45) is 0 Å². The predicted molar refractivity (Wildman–Crippen MR) is 56.6 cm³/mol. The summed E-state index contributed by atoms with van der Waals surface area (Å²) in [5.41, 5.74) is 1.39. The number of fused-ring (bicyclic) bond motifs is 1. The molecule has 2 rings (SSSR count). The van der Waals surface area contributed by atoms with Gasteiger partial charge >= 0.3 is 0 Å². The largest absolute Gasteiger partial charge is 0.286 e. The first-order valence-corrected chi connectivity index (χ1v) is 5.77. The van der Waals surface area contributed by atoms with Crippen LogP contribution in [0.1, 0.15) is 10.4 Å². The van der Waals surface area contributed by atoms with E-state index in [9.17, 15) is 0 Å². The van der Waals surface area contributed by atoms with E-state index in [2.05, 4.69) is 33.0 Å². The molecule has 0 bridgehead atoms. The van der Waals surface area contributed by atoms with Crippen LogP contribution in [0.2, 0.25) is 0 Å². The highest BCUT2D eigenvalue weighted by Gasteiger charge is 2.17. The van der Waals surface area contributed by atoms with Gasteiger partial charge in [0.05, 0.1) is 16.4 Å². The minimum absolute atomic E-state index is 0.549. The average Bonchev–Trinajstić information content (AvgIpc) is 2.44. The number of thiophene rings is 1. The van der Waals surface area contributed by atoms with Crippen LogP contribution in [-0.4, -0.2) is 18.0 Å². The van der Waals surface area contributed by atoms with Crippen molar-refractivity contribution in [1.29, 1.82) is 5.26 Å². The highest BCUT2D eigenvalue weighted by atomic mass is 79.9. The van der Waals surface area contributed by atoms with Gasteiger partial charge in [0.1, 0.15) is 0 Å². The highest BCUT2D eigenvalue weighted by molar-refractivity contribution is 9.11. The molecule has 2 nitrogen and oxygen atoms in total. The van der Waals surface area contributed by atoms with E-state index in [0.29, 0.717) is 6.54 Å². The lowest BCUT2D eigenvalue weighted by atomic mass is 10.1. The minimum Gasteiger partial charge on any atom is -0.286 e. The third-order valence-electron chi connectivity index (χ3n) is 2.21. The van der Waals surface area contributed by atoms with Gasteiger partial charge in [-0.05, 0) is 34.0 Å². The van der Waals surface area contributed by atoms with Gasteiger partial charge in [0.15, 0.2) is 0 Å². The molecule has 0 unspecified atom stereocenters. The van der Waals surface area contributed by atoms with Gasteiger partial charge in [0.2, 0.25) is 0 Å². The van der Waals surface area contributed by atoms with Crippen LogP contribution in [0.5, 0.6) is 0 Å². The smallest absolute Gasteiger partial charge is 0.0868 e. The predicted octanol–water partition coefficient (Wildman–Crippen LogP) is 2.39. The van der Waals surface area contributed by atoms with Gasteiger partial charge in [-0.15, -0.1) is 11.3 Å². The summed E-state index contributed by atoms with van der Waals surface area (Å²) < 4.78 is 1.20. The Morgan fingerprint density at radius 2 is 2.54 bits per heavy atom. The van der Waals surface area contributed by atoms with Gasteiger partial charge in [-0.2, -0.15) is 5.26 Å². The number of hydrogen-bond acceptors (Lipinski definition) is 3. The molecule has 68 valence electrons. The van der Waals surface area contributed by atoms with Crippen molar-refractivity contribution in [2.45, 2.75) is 13.0 Å². The van der Waals surface area contributed by atoms with Gasteiger partial charge < -0.3 is 0 Å². The molecule has 0 atom stereocenters. The van der Waals surface area contributed by atoms with Crippen LogP contribution >= 0.6 is 27.3 Å². The molecule has 1 aromatic rings. The van der Waals surface area contributed by atoms with E-state index in [1.54, 1.807) is 0 Å². The molecule has 1 aliphatic rings. The maximum absolute atomic E-state index is 8.57. The van der Waals surface area contributed by atoms with Crippen molar-refractivity contribution in [2.75, 3.05) is 13.1 Å². The van der Waals surface area contributed by atoms with Crippen molar-refractivity contribution in [1.82, 2.24) is 4.90 Å². The van der Waals surface area contributed by atoms with E-state index < -0.39 is 0 Å². The first kappa shape index (κ1) is 9.20. The summed E-state index contributed by atoms with van der Waals surface area (Å²) in [6, 6.07) is 4.36. The molecule has 0 N–H and O–H groups in total. The maximum atomic E-state index is 8.57. The molecule has 0 radical (unpaired) electrons. The molecule has 1 aliphatic heterocycles. The van der Waals surface area contributed by atoms with Crippen LogP contribution in [0.25, 0.3) is 0 Å². The third-order valence-corrected chi connectivity index (χ3v) is 3.95. The standard InChI is InChI=1S/C9H9BrN2S/c10-9-5-7-6-12(4-2-11)3-1-8(7)13-9/h5H,1,3-4,6H2. The zero-order chi connectivity index (χ0) is 9.26. The zero-order valence-corrected chi connectivity index (χ0v) is 9.49. The second-order valence-corrected chi connectivity index (χ2v) is 5.63. The Labute approximate surface area is 89.9 Å². The van der Waals surface area contributed by atoms with Crippen LogP contribution in [0, 0.1) is 11.3 Å². The average molecular weight is 257 g/mol. The molecule has 0 saturated carbocycles. The van der Waals surface area contributed by atoms with E-state index in [4.69, 9.17) is 5.26 Å². The maximum Gasteiger partial charge on any atom is 0.0868 e. The molecule has 4 heteroatoms. The van der Waals surface area contributed by atoms with Gasteiger partial charge in [-0.25, -0.2) is 0 Å².